The summed E-state index contributed by atoms with van der Waals surface area (Å²) in [6, 6.07) is 8.49. The largest absolute Gasteiger partial charge is 0.375 e. The molecule has 5 heteroatoms. The quantitative estimate of drug-likeness (QED) is 0.652. The van der Waals surface area contributed by atoms with E-state index in [1.165, 1.54) is 5.56 Å². The summed E-state index contributed by atoms with van der Waals surface area (Å²) in [6.45, 7) is 0. The molecule has 3 N–H and O–H groups in total. The lowest BCUT2D eigenvalue weighted by Crippen LogP contribution is -2.25. The molecule has 1 aliphatic carbocycles. The van der Waals surface area contributed by atoms with Gasteiger partial charge in [-0.05, 0) is 55.1 Å². The smallest absolute Gasteiger partial charge is 0.184 e. The van der Waals surface area contributed by atoms with E-state index in [0.29, 0.717) is 5.92 Å². The van der Waals surface area contributed by atoms with Crippen LogP contribution in [0.4, 0.5) is 0 Å². The van der Waals surface area contributed by atoms with Gasteiger partial charge in [0.05, 0.1) is 0 Å². The van der Waals surface area contributed by atoms with Gasteiger partial charge in [-0.3, -0.25) is 5.43 Å². The maximum absolute atomic E-state index is 5.34. The van der Waals surface area contributed by atoms with Crippen LogP contribution in [0.1, 0.15) is 30.7 Å². The lowest BCUT2D eigenvalue weighted by Gasteiger charge is -2.08. The molecule has 1 aliphatic rings. The molecular weight excluding hydrogens is 298 g/mol. The number of thiocarbonyl (C=S) groups is 1. The summed E-state index contributed by atoms with van der Waals surface area (Å²) in [7, 11) is 0. The maximum atomic E-state index is 5.34. The zero-order chi connectivity index (χ0) is 12.3. The van der Waals surface area contributed by atoms with Gasteiger partial charge in [0.1, 0.15) is 0 Å². The van der Waals surface area contributed by atoms with Crippen LogP contribution in [0.5, 0.6) is 0 Å². The Morgan fingerprint density at radius 1 is 1.41 bits per heavy atom. The number of hydrogen-bond donors (Lipinski definition) is 2. The first kappa shape index (κ1) is 12.5. The van der Waals surface area contributed by atoms with E-state index >= 15 is 0 Å². The molecule has 90 valence electrons. The van der Waals surface area contributed by atoms with Crippen LogP contribution in [0.3, 0.4) is 0 Å². The van der Waals surface area contributed by atoms with Crippen molar-refractivity contribution < 1.29 is 0 Å². The van der Waals surface area contributed by atoms with Crippen molar-refractivity contribution >= 4 is 39.0 Å². The number of nitrogens with one attached hydrogen (secondary N) is 1. The Bertz CT molecular complexity index is 442. The highest BCUT2D eigenvalue weighted by Gasteiger charge is 2.22. The van der Waals surface area contributed by atoms with Gasteiger partial charge in [0.15, 0.2) is 5.11 Å². The molecule has 0 heterocycles. The van der Waals surface area contributed by atoms with E-state index in [9.17, 15) is 0 Å². The molecule has 0 bridgehead atoms. The number of hydrogen-bond acceptors (Lipinski definition) is 2. The molecule has 0 saturated heterocycles. The minimum Gasteiger partial charge on any atom is -0.375 e. The number of benzene rings is 1. The van der Waals surface area contributed by atoms with Gasteiger partial charge in [0, 0.05) is 10.2 Å². The predicted molar refractivity (Wildman–Crippen MR) is 78.1 cm³/mol. The van der Waals surface area contributed by atoms with E-state index in [-0.39, 0.29) is 5.11 Å². The lowest BCUT2D eigenvalue weighted by molar-refractivity contribution is 0.732. The first-order valence-corrected chi connectivity index (χ1v) is 6.71. The summed E-state index contributed by atoms with van der Waals surface area (Å²) in [5.74, 6) is 0.565. The van der Waals surface area contributed by atoms with Gasteiger partial charge in [-0.2, -0.15) is 5.10 Å². The van der Waals surface area contributed by atoms with Gasteiger partial charge in [-0.1, -0.05) is 28.1 Å². The van der Waals surface area contributed by atoms with Gasteiger partial charge in [-0.15, -0.1) is 0 Å². The fourth-order valence-electron chi connectivity index (χ4n) is 2.08. The fraction of sp³-hybridized carbons (Fsp3) is 0.333. The third-order valence-corrected chi connectivity index (χ3v) is 3.55. The highest BCUT2D eigenvalue weighted by molar-refractivity contribution is 9.10. The Hall–Kier alpha value is -0.940. The number of rotatable bonds is 2. The lowest BCUT2D eigenvalue weighted by atomic mass is 9.98. The summed E-state index contributed by atoms with van der Waals surface area (Å²) in [5.41, 5.74) is 10.5. The standard InChI is InChI=1S/C12H14BrN3S/c13-10-4-1-8(2-5-10)9-3-6-11(7-9)15-16-12(14)17/h1-2,4-5,9H,3,6-7H2,(H3,14,16,17)/b15-11+. The van der Waals surface area contributed by atoms with Crippen LogP contribution in [-0.2, 0) is 0 Å². The maximum Gasteiger partial charge on any atom is 0.184 e. The molecular formula is C12H14BrN3S. The van der Waals surface area contributed by atoms with Crippen LogP contribution in [0, 0.1) is 0 Å². The van der Waals surface area contributed by atoms with Crippen molar-refractivity contribution in [2.24, 2.45) is 10.8 Å². The van der Waals surface area contributed by atoms with E-state index < -0.39 is 0 Å². The second-order valence-electron chi connectivity index (χ2n) is 4.15. The SMILES string of the molecule is NC(=S)N/N=C1\CCC(c2ccc(Br)cc2)C1. The van der Waals surface area contributed by atoms with Crippen LogP contribution in [0.2, 0.25) is 0 Å². The van der Waals surface area contributed by atoms with E-state index in [1.54, 1.807) is 0 Å². The van der Waals surface area contributed by atoms with Crippen molar-refractivity contribution in [2.45, 2.75) is 25.2 Å². The molecule has 1 atom stereocenters. The van der Waals surface area contributed by atoms with Crippen molar-refractivity contribution in [3.8, 4) is 0 Å². The van der Waals surface area contributed by atoms with Crippen molar-refractivity contribution in [3.05, 3.63) is 34.3 Å². The van der Waals surface area contributed by atoms with Gasteiger partial charge in [0.2, 0.25) is 0 Å². The first-order chi connectivity index (χ1) is 8.15. The van der Waals surface area contributed by atoms with Gasteiger partial charge in [-0.25, -0.2) is 0 Å². The molecule has 2 rings (SSSR count). The number of nitrogens with zero attached hydrogens (tertiary/aromatic N) is 1. The molecule has 0 radical (unpaired) electrons. The number of halogens is 1. The summed E-state index contributed by atoms with van der Waals surface area (Å²) >= 11 is 8.17. The fourth-order valence-corrected chi connectivity index (χ4v) is 2.39. The molecule has 1 saturated carbocycles. The summed E-state index contributed by atoms with van der Waals surface area (Å²) in [6.07, 6.45) is 3.13. The van der Waals surface area contributed by atoms with Crippen molar-refractivity contribution in [1.82, 2.24) is 5.43 Å². The highest BCUT2D eigenvalue weighted by atomic mass is 79.9. The molecule has 0 spiro atoms. The van der Waals surface area contributed by atoms with Gasteiger partial charge in [0.25, 0.3) is 0 Å². The predicted octanol–water partition coefficient (Wildman–Crippen LogP) is 2.91. The Kier molecular flexibility index (Phi) is 4.12. The van der Waals surface area contributed by atoms with Gasteiger partial charge < -0.3 is 5.73 Å². The third kappa shape index (κ3) is 3.51. The van der Waals surface area contributed by atoms with E-state index in [0.717, 1.165) is 29.4 Å². The molecule has 17 heavy (non-hydrogen) atoms. The Morgan fingerprint density at radius 3 is 2.76 bits per heavy atom. The average molecular weight is 312 g/mol. The molecule has 0 aromatic heterocycles. The van der Waals surface area contributed by atoms with E-state index in [2.05, 4.69) is 50.7 Å². The van der Waals surface area contributed by atoms with Crippen LogP contribution in [0.15, 0.2) is 33.8 Å². The monoisotopic (exact) mass is 311 g/mol. The highest BCUT2D eigenvalue weighted by Crippen LogP contribution is 2.33. The average Bonchev–Trinajstić information content (AvgIpc) is 2.76. The minimum atomic E-state index is 0.226. The zero-order valence-corrected chi connectivity index (χ0v) is 11.7. The van der Waals surface area contributed by atoms with Crippen LogP contribution in [-0.4, -0.2) is 10.8 Å². The molecule has 1 fully saturated rings. The Labute approximate surface area is 115 Å². The van der Waals surface area contributed by atoms with Crippen molar-refractivity contribution in [1.29, 1.82) is 0 Å². The van der Waals surface area contributed by atoms with E-state index in [1.807, 2.05) is 0 Å². The Morgan fingerprint density at radius 2 is 2.12 bits per heavy atom. The van der Waals surface area contributed by atoms with Gasteiger partial charge >= 0.3 is 0 Å². The molecule has 1 aromatic carbocycles. The van der Waals surface area contributed by atoms with Crippen molar-refractivity contribution in [2.75, 3.05) is 0 Å². The number of hydrazone groups is 1. The second-order valence-corrected chi connectivity index (χ2v) is 5.50. The third-order valence-electron chi connectivity index (χ3n) is 2.93. The normalized spacial score (nSPS) is 21.7. The minimum absolute atomic E-state index is 0.226. The second kappa shape index (κ2) is 5.60. The van der Waals surface area contributed by atoms with Crippen molar-refractivity contribution in [3.63, 3.8) is 0 Å². The Balaban J connectivity index is 2.00. The topological polar surface area (TPSA) is 50.4 Å². The summed E-state index contributed by atoms with van der Waals surface area (Å²) < 4.78 is 1.11. The number of nitrogens with two attached hydrogens (primary N) is 1. The molecule has 3 nitrogen and oxygen atoms in total. The molecule has 1 unspecified atom stereocenters. The van der Waals surface area contributed by atoms with E-state index in [4.69, 9.17) is 18.0 Å². The summed E-state index contributed by atoms with van der Waals surface area (Å²) in [5, 5.41) is 4.43. The summed E-state index contributed by atoms with van der Waals surface area (Å²) in [4.78, 5) is 0. The zero-order valence-electron chi connectivity index (χ0n) is 9.32. The van der Waals surface area contributed by atoms with Crippen LogP contribution in [0.25, 0.3) is 0 Å². The first-order valence-electron chi connectivity index (χ1n) is 5.51. The molecule has 0 aliphatic heterocycles. The van der Waals surface area contributed by atoms with Crippen LogP contribution >= 0.6 is 28.1 Å². The molecule has 0 amide bonds. The van der Waals surface area contributed by atoms with Crippen LogP contribution < -0.4 is 11.2 Å². The molecule has 1 aromatic rings.